The monoisotopic (exact) mass is 389 g/mol. The minimum atomic E-state index is -0.720. The molecular weight excluding hydrogens is 368 g/mol. The number of pyridine rings is 1. The van der Waals surface area contributed by atoms with E-state index in [-0.39, 0.29) is 40.3 Å². The number of halogens is 2. The van der Waals surface area contributed by atoms with Gasteiger partial charge in [-0.1, -0.05) is 13.8 Å². The van der Waals surface area contributed by atoms with Crippen LogP contribution in [0.1, 0.15) is 44.1 Å². The molecule has 1 aromatic heterocycles. The molecule has 2 unspecified atom stereocenters. The zero-order valence-corrected chi connectivity index (χ0v) is 15.8. The molecule has 1 fully saturated rings. The summed E-state index contributed by atoms with van der Waals surface area (Å²) in [6.45, 7) is 5.89. The maximum Gasteiger partial charge on any atom is 0.274 e. The Morgan fingerprint density at radius 2 is 1.89 bits per heavy atom. The van der Waals surface area contributed by atoms with Crippen LogP contribution in [0.25, 0.3) is 0 Å². The molecule has 28 heavy (non-hydrogen) atoms. The van der Waals surface area contributed by atoms with Gasteiger partial charge < -0.3 is 20.1 Å². The third kappa shape index (κ3) is 3.46. The molecule has 2 heterocycles. The number of carbonyl (C=O) groups is 1. The molecule has 2 aliphatic rings. The predicted octanol–water partition coefficient (Wildman–Crippen LogP) is 4.14. The third-order valence-corrected chi connectivity index (χ3v) is 5.19. The molecule has 1 amide bonds. The van der Waals surface area contributed by atoms with Crippen LogP contribution < -0.4 is 20.1 Å². The average molecular weight is 389 g/mol. The van der Waals surface area contributed by atoms with Gasteiger partial charge in [0.15, 0.2) is 17.2 Å². The third-order valence-electron chi connectivity index (χ3n) is 5.19. The van der Waals surface area contributed by atoms with E-state index >= 15 is 0 Å². The number of benzene rings is 1. The lowest BCUT2D eigenvalue weighted by molar-refractivity contribution is 0.0644. The SMILES string of the molecule is CC1Oc2cc(Nc3cc(F)cc(F)c3)nc(C(=O)NC3CCC3(C)C)c2O1. The summed E-state index contributed by atoms with van der Waals surface area (Å²) in [5, 5.41) is 5.81. The van der Waals surface area contributed by atoms with Gasteiger partial charge in [-0.2, -0.15) is 0 Å². The van der Waals surface area contributed by atoms with Crippen molar-refractivity contribution in [3.63, 3.8) is 0 Å². The number of fused-ring (bicyclic) bond motifs is 1. The Labute approximate surface area is 161 Å². The van der Waals surface area contributed by atoms with Crippen LogP contribution >= 0.6 is 0 Å². The second kappa shape index (κ2) is 6.61. The zero-order chi connectivity index (χ0) is 20.1. The van der Waals surface area contributed by atoms with E-state index in [4.69, 9.17) is 9.47 Å². The largest absolute Gasteiger partial charge is 0.451 e. The molecule has 4 rings (SSSR count). The van der Waals surface area contributed by atoms with Crippen LogP contribution in [0.4, 0.5) is 20.3 Å². The van der Waals surface area contributed by atoms with E-state index in [1.807, 2.05) is 0 Å². The van der Waals surface area contributed by atoms with Gasteiger partial charge in [-0.3, -0.25) is 4.79 Å². The lowest BCUT2D eigenvalue weighted by Gasteiger charge is -2.44. The smallest absolute Gasteiger partial charge is 0.274 e. The Morgan fingerprint density at radius 3 is 2.50 bits per heavy atom. The van der Waals surface area contributed by atoms with Crippen molar-refractivity contribution in [2.75, 3.05) is 5.32 Å². The molecule has 1 aliphatic carbocycles. The number of nitrogens with zero attached hydrogens (tertiary/aromatic N) is 1. The van der Waals surface area contributed by atoms with Crippen LogP contribution in [0, 0.1) is 17.0 Å². The molecule has 0 radical (unpaired) electrons. The highest BCUT2D eigenvalue weighted by atomic mass is 19.1. The molecule has 0 bridgehead atoms. The highest BCUT2D eigenvalue weighted by Crippen LogP contribution is 2.42. The van der Waals surface area contributed by atoms with Crippen molar-refractivity contribution in [3.8, 4) is 11.5 Å². The van der Waals surface area contributed by atoms with E-state index in [2.05, 4.69) is 29.5 Å². The summed E-state index contributed by atoms with van der Waals surface area (Å²) < 4.78 is 38.1. The van der Waals surface area contributed by atoms with Crippen LogP contribution in [-0.4, -0.2) is 23.2 Å². The standard InChI is InChI=1S/C20H21F2N3O3/c1-10-27-14-9-16(23-13-7-11(21)6-12(22)8-13)25-17(18(14)28-10)19(26)24-15-4-5-20(15,2)3/h6-10,15H,4-5H2,1-3H3,(H,23,25)(H,24,26). The highest BCUT2D eigenvalue weighted by Gasteiger charge is 2.40. The Kier molecular flexibility index (Phi) is 4.36. The van der Waals surface area contributed by atoms with E-state index < -0.39 is 17.9 Å². The first-order chi connectivity index (χ1) is 13.2. The number of rotatable bonds is 4. The number of hydrogen-bond donors (Lipinski definition) is 2. The first-order valence-electron chi connectivity index (χ1n) is 9.13. The van der Waals surface area contributed by atoms with Crippen molar-refractivity contribution < 1.29 is 23.0 Å². The van der Waals surface area contributed by atoms with Crippen molar-refractivity contribution in [2.24, 2.45) is 5.41 Å². The number of nitrogens with one attached hydrogen (secondary N) is 2. The van der Waals surface area contributed by atoms with Gasteiger partial charge in [0.2, 0.25) is 6.29 Å². The van der Waals surface area contributed by atoms with E-state index in [9.17, 15) is 13.6 Å². The lowest BCUT2D eigenvalue weighted by atomic mass is 9.67. The summed E-state index contributed by atoms with van der Waals surface area (Å²) in [4.78, 5) is 17.2. The second-order valence-electron chi connectivity index (χ2n) is 7.82. The summed E-state index contributed by atoms with van der Waals surface area (Å²) in [7, 11) is 0. The highest BCUT2D eigenvalue weighted by molar-refractivity contribution is 5.97. The van der Waals surface area contributed by atoms with Crippen LogP contribution in [0.3, 0.4) is 0 Å². The minimum absolute atomic E-state index is 0.0262. The summed E-state index contributed by atoms with van der Waals surface area (Å²) in [5.74, 6) is -0.984. The van der Waals surface area contributed by atoms with Crippen molar-refractivity contribution >= 4 is 17.4 Å². The number of carbonyl (C=O) groups excluding carboxylic acids is 1. The fraction of sp³-hybridized carbons (Fsp3) is 0.400. The topological polar surface area (TPSA) is 72.5 Å². The Bertz CT molecular complexity index is 928. The second-order valence-corrected chi connectivity index (χ2v) is 7.82. The molecule has 1 aromatic carbocycles. The van der Waals surface area contributed by atoms with Gasteiger partial charge in [0.1, 0.15) is 17.5 Å². The molecule has 0 spiro atoms. The van der Waals surface area contributed by atoms with Crippen LogP contribution in [0.2, 0.25) is 0 Å². The van der Waals surface area contributed by atoms with Crippen LogP contribution in [0.5, 0.6) is 11.5 Å². The first-order valence-corrected chi connectivity index (χ1v) is 9.13. The van der Waals surface area contributed by atoms with Crippen molar-refractivity contribution in [1.82, 2.24) is 10.3 Å². The zero-order valence-electron chi connectivity index (χ0n) is 15.8. The van der Waals surface area contributed by atoms with Crippen LogP contribution in [0.15, 0.2) is 24.3 Å². The van der Waals surface area contributed by atoms with E-state index in [1.165, 1.54) is 6.07 Å². The van der Waals surface area contributed by atoms with E-state index in [0.717, 1.165) is 31.0 Å². The van der Waals surface area contributed by atoms with Gasteiger partial charge in [0.05, 0.1) is 0 Å². The van der Waals surface area contributed by atoms with Crippen molar-refractivity contribution in [3.05, 3.63) is 41.6 Å². The maximum atomic E-state index is 13.5. The molecule has 2 aromatic rings. The van der Waals surface area contributed by atoms with Crippen molar-refractivity contribution in [2.45, 2.75) is 45.9 Å². The van der Waals surface area contributed by atoms with Gasteiger partial charge in [-0.05, 0) is 30.4 Å². The molecule has 6 nitrogen and oxygen atoms in total. The molecule has 1 saturated carbocycles. The Balaban J connectivity index is 1.65. The van der Waals surface area contributed by atoms with E-state index in [0.29, 0.717) is 5.75 Å². The molecule has 2 N–H and O–H groups in total. The number of hydrogen-bond acceptors (Lipinski definition) is 5. The van der Waals surface area contributed by atoms with Gasteiger partial charge >= 0.3 is 0 Å². The normalized spacial score (nSPS) is 21.8. The minimum Gasteiger partial charge on any atom is -0.451 e. The number of aromatic nitrogens is 1. The number of amides is 1. The summed E-state index contributed by atoms with van der Waals surface area (Å²) >= 11 is 0. The lowest BCUT2D eigenvalue weighted by Crippen LogP contribution is -2.52. The molecule has 8 heteroatoms. The quantitative estimate of drug-likeness (QED) is 0.822. The Morgan fingerprint density at radius 1 is 1.18 bits per heavy atom. The molecule has 2 atom stereocenters. The first kappa shape index (κ1) is 18.5. The molecule has 0 saturated heterocycles. The van der Waals surface area contributed by atoms with E-state index in [1.54, 1.807) is 6.92 Å². The average Bonchev–Trinajstić information content (AvgIpc) is 2.97. The van der Waals surface area contributed by atoms with Crippen LogP contribution in [-0.2, 0) is 0 Å². The summed E-state index contributed by atoms with van der Waals surface area (Å²) in [6.07, 6.45) is 1.37. The van der Waals surface area contributed by atoms with Gasteiger partial charge in [0, 0.05) is 30.8 Å². The molecular formula is C20H21F2N3O3. The number of ether oxygens (including phenoxy) is 2. The summed E-state index contributed by atoms with van der Waals surface area (Å²) in [6, 6.07) is 4.62. The van der Waals surface area contributed by atoms with Gasteiger partial charge in [0.25, 0.3) is 5.91 Å². The Hall–Kier alpha value is -2.90. The molecule has 1 aliphatic heterocycles. The fourth-order valence-electron chi connectivity index (χ4n) is 3.43. The van der Waals surface area contributed by atoms with Gasteiger partial charge in [-0.25, -0.2) is 13.8 Å². The predicted molar refractivity (Wildman–Crippen MR) is 98.9 cm³/mol. The van der Waals surface area contributed by atoms with Gasteiger partial charge in [-0.15, -0.1) is 0 Å². The fourth-order valence-corrected chi connectivity index (χ4v) is 3.43. The number of anilines is 2. The van der Waals surface area contributed by atoms with Crippen molar-refractivity contribution in [1.29, 1.82) is 0 Å². The molecule has 148 valence electrons. The maximum absolute atomic E-state index is 13.5. The summed E-state index contributed by atoms with van der Waals surface area (Å²) in [5.41, 5.74) is 0.269.